The van der Waals surface area contributed by atoms with Crippen molar-refractivity contribution in [3.05, 3.63) is 90.2 Å². The van der Waals surface area contributed by atoms with Gasteiger partial charge in [-0.05, 0) is 54.1 Å². The van der Waals surface area contributed by atoms with Gasteiger partial charge in [0.15, 0.2) is 5.17 Å². The van der Waals surface area contributed by atoms with Crippen molar-refractivity contribution < 1.29 is 18.7 Å². The lowest BCUT2D eigenvalue weighted by Gasteiger charge is -2.32. The van der Waals surface area contributed by atoms with E-state index in [9.17, 15) is 14.0 Å². The molecular weight excluding hydrogens is 441 g/mol. The van der Waals surface area contributed by atoms with Gasteiger partial charge in [0.2, 0.25) is 11.8 Å². The number of nitrogens with one attached hydrogen (secondary N) is 1. The number of methoxy groups -OCH3 is 1. The minimum atomic E-state index is -0.647. The van der Waals surface area contributed by atoms with E-state index in [-0.39, 0.29) is 24.1 Å². The van der Waals surface area contributed by atoms with E-state index in [1.165, 1.54) is 36.0 Å². The maximum absolute atomic E-state index is 13.3. The minimum absolute atomic E-state index is 0.0436. The maximum atomic E-state index is 13.3. The fraction of sp³-hybridized carbons (Fsp3) is 0.160. The number of amides is 2. The molecule has 33 heavy (non-hydrogen) atoms. The Morgan fingerprint density at radius 3 is 2.45 bits per heavy atom. The molecule has 0 aromatic heterocycles. The van der Waals surface area contributed by atoms with Crippen LogP contribution in [0.3, 0.4) is 0 Å². The number of thioether (sulfide) groups is 1. The molecule has 8 heteroatoms. The van der Waals surface area contributed by atoms with Crippen LogP contribution < -0.4 is 10.1 Å². The van der Waals surface area contributed by atoms with Crippen LogP contribution in [0.5, 0.6) is 5.75 Å². The molecule has 1 aliphatic rings. The van der Waals surface area contributed by atoms with Crippen molar-refractivity contribution >= 4 is 40.1 Å². The Morgan fingerprint density at radius 2 is 1.79 bits per heavy atom. The zero-order valence-electron chi connectivity index (χ0n) is 17.9. The molecular formula is C25H22FN3O3S. The van der Waals surface area contributed by atoms with Gasteiger partial charge in [-0.1, -0.05) is 42.1 Å². The summed E-state index contributed by atoms with van der Waals surface area (Å²) in [4.78, 5) is 32.2. The number of amidine groups is 1. The van der Waals surface area contributed by atoms with E-state index >= 15 is 0 Å². The van der Waals surface area contributed by atoms with Crippen LogP contribution in [0.15, 0.2) is 83.9 Å². The first-order valence-electron chi connectivity index (χ1n) is 10.3. The maximum Gasteiger partial charge on any atom is 0.238 e. The minimum Gasteiger partial charge on any atom is -0.497 e. The van der Waals surface area contributed by atoms with Crippen molar-refractivity contribution in [2.45, 2.75) is 18.2 Å². The van der Waals surface area contributed by atoms with Crippen LogP contribution in [0.4, 0.5) is 15.8 Å². The van der Waals surface area contributed by atoms with Crippen LogP contribution in [-0.4, -0.2) is 34.2 Å². The lowest BCUT2D eigenvalue weighted by Crippen LogP contribution is -2.44. The summed E-state index contributed by atoms with van der Waals surface area (Å²) in [5.74, 6) is -0.178. The van der Waals surface area contributed by atoms with Gasteiger partial charge in [0.1, 0.15) is 16.8 Å². The van der Waals surface area contributed by atoms with Gasteiger partial charge in [-0.2, -0.15) is 0 Å². The lowest BCUT2D eigenvalue weighted by atomic mass is 10.2. The normalized spacial score (nSPS) is 17.2. The summed E-state index contributed by atoms with van der Waals surface area (Å²) < 4.78 is 18.5. The summed E-state index contributed by atoms with van der Waals surface area (Å²) in [5, 5.41) is 2.60. The number of anilines is 1. The summed E-state index contributed by atoms with van der Waals surface area (Å²) in [7, 11) is 1.57. The predicted molar refractivity (Wildman–Crippen MR) is 128 cm³/mol. The Kier molecular flexibility index (Phi) is 7.04. The largest absolute Gasteiger partial charge is 0.497 e. The second-order valence-electron chi connectivity index (χ2n) is 7.36. The monoisotopic (exact) mass is 463 g/mol. The van der Waals surface area contributed by atoms with Crippen LogP contribution in [0.2, 0.25) is 0 Å². The molecule has 168 valence electrons. The Hall–Kier alpha value is -3.65. The molecule has 0 bridgehead atoms. The molecule has 3 aromatic carbocycles. The van der Waals surface area contributed by atoms with Crippen LogP contribution >= 0.6 is 11.8 Å². The first kappa shape index (κ1) is 22.5. The molecule has 4 rings (SSSR count). The molecule has 2 amide bonds. The van der Waals surface area contributed by atoms with Gasteiger partial charge < -0.3 is 10.1 Å². The summed E-state index contributed by atoms with van der Waals surface area (Å²) in [5.41, 5.74) is 2.05. The topological polar surface area (TPSA) is 71.0 Å². The van der Waals surface area contributed by atoms with Gasteiger partial charge in [0, 0.05) is 12.1 Å². The van der Waals surface area contributed by atoms with Crippen molar-refractivity contribution in [2.24, 2.45) is 4.99 Å². The number of rotatable bonds is 6. The van der Waals surface area contributed by atoms with E-state index in [0.717, 1.165) is 5.56 Å². The molecule has 0 radical (unpaired) electrons. The molecule has 6 nitrogen and oxygen atoms in total. The fourth-order valence-corrected chi connectivity index (χ4v) is 4.38. The smallest absolute Gasteiger partial charge is 0.238 e. The van der Waals surface area contributed by atoms with Crippen LogP contribution in [-0.2, 0) is 16.1 Å². The number of ether oxygens (including phenoxy) is 1. The zero-order chi connectivity index (χ0) is 23.2. The van der Waals surface area contributed by atoms with Gasteiger partial charge in [-0.3, -0.25) is 14.5 Å². The average Bonchev–Trinajstić information content (AvgIpc) is 2.83. The highest BCUT2D eigenvalue weighted by Crippen LogP contribution is 2.31. The standard InChI is InChI=1S/C25H22FN3O3S/c1-32-21-13-11-19(12-14-21)27-24(31)22-15-23(30)29(16-17-5-3-2-4-6-17)25(33-22)28-20-9-7-18(26)8-10-20/h2-14,22H,15-16H2,1H3,(H,27,31). The predicted octanol–water partition coefficient (Wildman–Crippen LogP) is 4.99. The molecule has 1 saturated heterocycles. The van der Waals surface area contributed by atoms with Gasteiger partial charge in [0.25, 0.3) is 0 Å². The highest BCUT2D eigenvalue weighted by Gasteiger charge is 2.36. The number of hydrogen-bond donors (Lipinski definition) is 1. The van der Waals surface area contributed by atoms with Crippen molar-refractivity contribution in [2.75, 3.05) is 12.4 Å². The number of carbonyl (C=O) groups excluding carboxylic acids is 2. The Morgan fingerprint density at radius 1 is 1.09 bits per heavy atom. The van der Waals surface area contributed by atoms with Crippen molar-refractivity contribution in [1.82, 2.24) is 4.90 Å². The number of benzene rings is 3. The lowest BCUT2D eigenvalue weighted by molar-refractivity contribution is -0.129. The molecule has 0 spiro atoms. The third kappa shape index (κ3) is 5.78. The van der Waals surface area contributed by atoms with Crippen molar-refractivity contribution in [1.29, 1.82) is 0 Å². The second-order valence-corrected chi connectivity index (χ2v) is 8.53. The molecule has 0 aliphatic carbocycles. The molecule has 3 aromatic rings. The Balaban J connectivity index is 1.57. The van der Waals surface area contributed by atoms with Gasteiger partial charge >= 0.3 is 0 Å². The number of nitrogens with zero attached hydrogens (tertiary/aromatic N) is 2. The van der Waals surface area contributed by atoms with Gasteiger partial charge in [-0.25, -0.2) is 9.38 Å². The second kappa shape index (κ2) is 10.3. The van der Waals surface area contributed by atoms with E-state index in [1.807, 2.05) is 30.3 Å². The molecule has 1 heterocycles. The quantitative estimate of drug-likeness (QED) is 0.559. The van der Waals surface area contributed by atoms with Gasteiger partial charge in [0.05, 0.1) is 19.3 Å². The molecule has 1 fully saturated rings. The highest BCUT2D eigenvalue weighted by molar-refractivity contribution is 8.15. The molecule has 1 aliphatic heterocycles. The SMILES string of the molecule is COc1ccc(NC(=O)C2CC(=O)N(Cc3ccccc3)C(=Nc3ccc(F)cc3)S2)cc1. The van der Waals surface area contributed by atoms with Crippen molar-refractivity contribution in [3.63, 3.8) is 0 Å². The van der Waals surface area contributed by atoms with E-state index in [1.54, 1.807) is 36.3 Å². The van der Waals surface area contributed by atoms with Crippen LogP contribution in [0, 0.1) is 5.82 Å². The number of carbonyl (C=O) groups is 2. The van der Waals surface area contributed by atoms with Crippen molar-refractivity contribution in [3.8, 4) is 5.75 Å². The summed E-state index contributed by atoms with van der Waals surface area (Å²) in [6.45, 7) is 0.333. The Labute approximate surface area is 195 Å². The third-order valence-corrected chi connectivity index (χ3v) is 6.21. The molecule has 1 atom stereocenters. The third-order valence-electron chi connectivity index (χ3n) is 5.02. The first-order chi connectivity index (χ1) is 16.0. The Bertz CT molecular complexity index is 1150. The molecule has 0 saturated carbocycles. The fourth-order valence-electron chi connectivity index (χ4n) is 3.29. The van der Waals surface area contributed by atoms with Crippen LogP contribution in [0.25, 0.3) is 0 Å². The van der Waals surface area contributed by atoms with E-state index in [2.05, 4.69) is 10.3 Å². The molecule has 1 unspecified atom stereocenters. The zero-order valence-corrected chi connectivity index (χ0v) is 18.7. The van der Waals surface area contributed by atoms with E-state index in [4.69, 9.17) is 4.74 Å². The number of aliphatic imine (C=N–C) groups is 1. The molecule has 1 N–H and O–H groups in total. The first-order valence-corrected chi connectivity index (χ1v) is 11.2. The van der Waals surface area contributed by atoms with E-state index in [0.29, 0.717) is 28.8 Å². The van der Waals surface area contributed by atoms with Crippen LogP contribution in [0.1, 0.15) is 12.0 Å². The van der Waals surface area contributed by atoms with E-state index < -0.39 is 5.25 Å². The van der Waals surface area contributed by atoms with Gasteiger partial charge in [-0.15, -0.1) is 0 Å². The number of hydrogen-bond acceptors (Lipinski definition) is 5. The summed E-state index contributed by atoms with van der Waals surface area (Å²) in [6.07, 6.45) is 0.0436. The summed E-state index contributed by atoms with van der Waals surface area (Å²) in [6, 6.07) is 22.2. The highest BCUT2D eigenvalue weighted by atomic mass is 32.2. The average molecular weight is 464 g/mol. The number of halogens is 1. The summed E-state index contributed by atoms with van der Waals surface area (Å²) >= 11 is 1.22.